The molecule has 0 spiro atoms. The van der Waals surface area contributed by atoms with Crippen molar-refractivity contribution in [3.8, 4) is 0 Å². The van der Waals surface area contributed by atoms with Gasteiger partial charge in [0.15, 0.2) is 0 Å². The summed E-state index contributed by atoms with van der Waals surface area (Å²) in [5, 5.41) is 21.0. The highest BCUT2D eigenvalue weighted by atomic mass is 79.9. The molecule has 90 valence electrons. The number of rotatable bonds is 7. The minimum Gasteiger partial charge on any atom is -0.481 e. The second-order valence-corrected chi connectivity index (χ2v) is 5.97. The number of halogens is 1. The highest BCUT2D eigenvalue weighted by Crippen LogP contribution is 2.21. The lowest BCUT2D eigenvalue weighted by atomic mass is 10.2. The Bertz CT molecular complexity index is 343. The Kier molecular flexibility index (Phi) is 5.97. The van der Waals surface area contributed by atoms with Gasteiger partial charge in [-0.2, -0.15) is 0 Å². The molecule has 0 aliphatic heterocycles. The molecule has 1 heterocycles. The van der Waals surface area contributed by atoms with Crippen LogP contribution in [0.1, 0.15) is 17.7 Å². The van der Waals surface area contributed by atoms with Crippen molar-refractivity contribution < 1.29 is 15.0 Å². The summed E-state index contributed by atoms with van der Waals surface area (Å²) < 4.78 is 1.08. The molecule has 0 amide bonds. The van der Waals surface area contributed by atoms with E-state index in [1.165, 1.54) is 4.88 Å². The molecule has 0 aliphatic carbocycles. The minimum atomic E-state index is -0.874. The van der Waals surface area contributed by atoms with Crippen LogP contribution < -0.4 is 5.32 Å². The highest BCUT2D eigenvalue weighted by Gasteiger charge is 2.06. The number of aliphatic hydroxyl groups excluding tert-OH is 1. The summed E-state index contributed by atoms with van der Waals surface area (Å²) in [6, 6.07) is 3.98. The maximum atomic E-state index is 10.3. The number of nitrogens with one attached hydrogen (secondary N) is 1. The van der Waals surface area contributed by atoms with Crippen LogP contribution in [0.3, 0.4) is 0 Å². The summed E-state index contributed by atoms with van der Waals surface area (Å²) in [6.45, 7) is 1.11. The summed E-state index contributed by atoms with van der Waals surface area (Å²) in [5.74, 6) is -0.874. The molecule has 1 aromatic heterocycles. The number of hydrogen-bond donors (Lipinski definition) is 3. The fourth-order valence-corrected chi connectivity index (χ4v) is 2.65. The molecule has 6 heteroatoms. The first-order valence-electron chi connectivity index (χ1n) is 4.92. The lowest BCUT2D eigenvalue weighted by Crippen LogP contribution is -2.26. The average Bonchev–Trinajstić information content (AvgIpc) is 2.61. The largest absolute Gasteiger partial charge is 0.481 e. The Labute approximate surface area is 106 Å². The van der Waals surface area contributed by atoms with Crippen LogP contribution in [0.4, 0.5) is 0 Å². The highest BCUT2D eigenvalue weighted by molar-refractivity contribution is 9.11. The molecule has 1 atom stereocenters. The molecular formula is C10H14BrNO3S. The number of hydrogen-bond acceptors (Lipinski definition) is 4. The van der Waals surface area contributed by atoms with Gasteiger partial charge < -0.3 is 15.5 Å². The van der Waals surface area contributed by atoms with Crippen LogP contribution in [-0.4, -0.2) is 28.8 Å². The third kappa shape index (κ3) is 5.60. The molecule has 4 nitrogen and oxygen atoms in total. The van der Waals surface area contributed by atoms with Crippen molar-refractivity contribution in [1.82, 2.24) is 5.32 Å². The molecule has 16 heavy (non-hydrogen) atoms. The molecule has 0 saturated carbocycles. The number of aliphatic hydroxyl groups is 1. The topological polar surface area (TPSA) is 69.6 Å². The van der Waals surface area contributed by atoms with E-state index in [0.717, 1.165) is 3.79 Å². The van der Waals surface area contributed by atoms with Gasteiger partial charge in [-0.25, -0.2) is 0 Å². The van der Waals surface area contributed by atoms with Gasteiger partial charge in [0.2, 0.25) is 0 Å². The van der Waals surface area contributed by atoms with Gasteiger partial charge in [-0.15, -0.1) is 11.3 Å². The quantitative estimate of drug-likeness (QED) is 0.719. The maximum absolute atomic E-state index is 10.3. The van der Waals surface area contributed by atoms with Crippen LogP contribution in [0.25, 0.3) is 0 Å². The minimum absolute atomic E-state index is 0.00734. The first kappa shape index (κ1) is 13.6. The molecule has 0 radical (unpaired) electrons. The Morgan fingerprint density at radius 1 is 1.56 bits per heavy atom. The Morgan fingerprint density at radius 3 is 2.88 bits per heavy atom. The summed E-state index contributed by atoms with van der Waals surface area (Å²) in [5.41, 5.74) is 0. The van der Waals surface area contributed by atoms with E-state index in [4.69, 9.17) is 5.11 Å². The monoisotopic (exact) mass is 307 g/mol. The van der Waals surface area contributed by atoms with E-state index in [1.54, 1.807) is 11.3 Å². The molecule has 3 N–H and O–H groups in total. The summed E-state index contributed by atoms with van der Waals surface area (Å²) in [7, 11) is 0. The molecule has 0 fully saturated rings. The van der Waals surface area contributed by atoms with Gasteiger partial charge in [-0.1, -0.05) is 0 Å². The smallest absolute Gasteiger partial charge is 0.303 e. The van der Waals surface area contributed by atoms with E-state index in [0.29, 0.717) is 13.1 Å². The Hall–Kier alpha value is -0.430. The van der Waals surface area contributed by atoms with Crippen molar-refractivity contribution in [1.29, 1.82) is 0 Å². The predicted octanol–water partition coefficient (Wildman–Crippen LogP) is 1.83. The fraction of sp³-hybridized carbons (Fsp3) is 0.500. The summed E-state index contributed by atoms with van der Waals surface area (Å²) in [4.78, 5) is 11.4. The van der Waals surface area contributed by atoms with Crippen LogP contribution in [-0.2, 0) is 11.3 Å². The Balaban J connectivity index is 2.13. The van der Waals surface area contributed by atoms with Crippen LogP contribution in [0.5, 0.6) is 0 Å². The predicted molar refractivity (Wildman–Crippen MR) is 66.6 cm³/mol. The van der Waals surface area contributed by atoms with Gasteiger partial charge >= 0.3 is 5.97 Å². The van der Waals surface area contributed by atoms with E-state index in [1.807, 2.05) is 12.1 Å². The van der Waals surface area contributed by atoms with E-state index < -0.39 is 12.1 Å². The van der Waals surface area contributed by atoms with Crippen LogP contribution in [0.15, 0.2) is 15.9 Å². The Morgan fingerprint density at radius 2 is 2.31 bits per heavy atom. The van der Waals surface area contributed by atoms with Crippen LogP contribution >= 0.6 is 27.3 Å². The zero-order valence-electron chi connectivity index (χ0n) is 8.65. The lowest BCUT2D eigenvalue weighted by Gasteiger charge is -2.09. The lowest BCUT2D eigenvalue weighted by molar-refractivity contribution is -0.137. The third-order valence-electron chi connectivity index (χ3n) is 2.00. The molecule has 0 saturated heterocycles. The number of thiophene rings is 1. The first-order valence-corrected chi connectivity index (χ1v) is 6.53. The van der Waals surface area contributed by atoms with Gasteiger partial charge in [0, 0.05) is 24.4 Å². The zero-order valence-corrected chi connectivity index (χ0v) is 11.1. The molecule has 1 unspecified atom stereocenters. The normalized spacial score (nSPS) is 12.6. The maximum Gasteiger partial charge on any atom is 0.303 e. The second kappa shape index (κ2) is 7.01. The van der Waals surface area contributed by atoms with Gasteiger partial charge in [-0.3, -0.25) is 4.79 Å². The van der Waals surface area contributed by atoms with E-state index in [9.17, 15) is 9.90 Å². The SMILES string of the molecule is O=C(O)CCC(O)CNCc1ccc(Br)s1. The van der Waals surface area contributed by atoms with Gasteiger partial charge in [0.05, 0.1) is 9.89 Å². The molecule has 1 rings (SSSR count). The van der Waals surface area contributed by atoms with Crippen molar-refractivity contribution in [3.05, 3.63) is 20.8 Å². The molecular weight excluding hydrogens is 294 g/mol. The first-order chi connectivity index (χ1) is 7.58. The molecule has 1 aromatic rings. The third-order valence-corrected chi connectivity index (χ3v) is 3.62. The molecule has 0 bridgehead atoms. The van der Waals surface area contributed by atoms with E-state index >= 15 is 0 Å². The van der Waals surface area contributed by atoms with Crippen molar-refractivity contribution in [3.63, 3.8) is 0 Å². The van der Waals surface area contributed by atoms with Crippen molar-refractivity contribution in [2.45, 2.75) is 25.5 Å². The number of carbonyl (C=O) groups is 1. The molecule has 0 aromatic carbocycles. The number of carboxylic acid groups (broad SMARTS) is 1. The standard InChI is InChI=1S/C10H14BrNO3S/c11-9-3-2-8(16-9)6-12-5-7(13)1-4-10(14)15/h2-3,7,12-13H,1,4-6H2,(H,14,15). The summed E-state index contributed by atoms with van der Waals surface area (Å²) >= 11 is 5.01. The van der Waals surface area contributed by atoms with Crippen molar-refractivity contribution in [2.75, 3.05) is 6.54 Å². The van der Waals surface area contributed by atoms with Gasteiger partial charge in [0.25, 0.3) is 0 Å². The fourth-order valence-electron chi connectivity index (χ4n) is 1.20. The zero-order chi connectivity index (χ0) is 12.0. The van der Waals surface area contributed by atoms with Gasteiger partial charge in [0.1, 0.15) is 0 Å². The average molecular weight is 308 g/mol. The van der Waals surface area contributed by atoms with Crippen LogP contribution in [0, 0.1) is 0 Å². The second-order valence-electron chi connectivity index (χ2n) is 3.42. The van der Waals surface area contributed by atoms with Crippen LogP contribution in [0.2, 0.25) is 0 Å². The molecule has 0 aliphatic rings. The summed E-state index contributed by atoms with van der Waals surface area (Å²) in [6.07, 6.45) is -0.302. The van der Waals surface area contributed by atoms with E-state index in [2.05, 4.69) is 21.2 Å². The number of aliphatic carboxylic acids is 1. The van der Waals surface area contributed by atoms with Crippen molar-refractivity contribution >= 4 is 33.2 Å². The van der Waals surface area contributed by atoms with Gasteiger partial charge in [-0.05, 0) is 34.5 Å². The van der Waals surface area contributed by atoms with E-state index in [-0.39, 0.29) is 12.8 Å². The van der Waals surface area contributed by atoms with Crippen molar-refractivity contribution in [2.24, 2.45) is 0 Å². The number of carboxylic acids is 1.